The minimum atomic E-state index is -1.16. The molecule has 4 heteroatoms. The predicted molar refractivity (Wildman–Crippen MR) is 59.7 cm³/mol. The van der Waals surface area contributed by atoms with E-state index in [2.05, 4.69) is 5.32 Å². The van der Waals surface area contributed by atoms with Crippen LogP contribution in [0, 0.1) is 0 Å². The maximum Gasteiger partial charge on any atom is 0.222 e. The smallest absolute Gasteiger partial charge is 0.222 e. The molecule has 0 saturated heterocycles. The molecule has 1 atom stereocenters. The monoisotopic (exact) mass is 227 g/mol. The molecule has 0 aliphatic carbocycles. The number of hydrogen-bond donors (Lipinski definition) is 2. The number of hydrogen-bond acceptors (Lipinski definition) is 2. The molecule has 0 spiro atoms. The van der Waals surface area contributed by atoms with E-state index in [4.69, 9.17) is 11.6 Å². The summed E-state index contributed by atoms with van der Waals surface area (Å²) in [4.78, 5) is 11.2. The lowest BCUT2D eigenvalue weighted by Crippen LogP contribution is -2.30. The normalized spacial score (nSPS) is 14.4. The number of amides is 1. The van der Waals surface area contributed by atoms with E-state index in [1.54, 1.807) is 38.2 Å². The third kappa shape index (κ3) is 3.22. The molecule has 0 aliphatic rings. The van der Waals surface area contributed by atoms with Gasteiger partial charge in [-0.15, -0.1) is 0 Å². The molecule has 82 valence electrons. The minimum absolute atomic E-state index is 0.0329. The van der Waals surface area contributed by atoms with Gasteiger partial charge in [0.15, 0.2) is 0 Å². The molecule has 0 saturated carbocycles. The molecule has 0 heterocycles. The lowest BCUT2D eigenvalue weighted by molar-refractivity contribution is -0.125. The zero-order valence-corrected chi connectivity index (χ0v) is 9.51. The van der Waals surface area contributed by atoms with Crippen molar-refractivity contribution in [2.45, 2.75) is 18.9 Å². The number of benzene rings is 1. The summed E-state index contributed by atoms with van der Waals surface area (Å²) < 4.78 is 0. The number of carbonyl (C=O) groups is 1. The lowest BCUT2D eigenvalue weighted by Gasteiger charge is -2.22. The fourth-order valence-corrected chi connectivity index (χ4v) is 1.44. The number of nitrogens with one attached hydrogen (secondary N) is 1. The number of aliphatic hydroxyl groups is 1. The Morgan fingerprint density at radius 2 is 2.00 bits per heavy atom. The Hall–Kier alpha value is -1.06. The van der Waals surface area contributed by atoms with Gasteiger partial charge >= 0.3 is 0 Å². The molecular formula is C11H14ClNO2. The van der Waals surface area contributed by atoms with Crippen LogP contribution in [0.3, 0.4) is 0 Å². The summed E-state index contributed by atoms with van der Waals surface area (Å²) in [5.41, 5.74) is -0.486. The highest BCUT2D eigenvalue weighted by molar-refractivity contribution is 6.30. The van der Waals surface area contributed by atoms with Gasteiger partial charge in [-0.1, -0.05) is 23.7 Å². The van der Waals surface area contributed by atoms with Gasteiger partial charge in [0.2, 0.25) is 5.91 Å². The lowest BCUT2D eigenvalue weighted by atomic mass is 9.92. The molecule has 1 amide bonds. The second-order valence-corrected chi connectivity index (χ2v) is 4.07. The number of halogens is 1. The summed E-state index contributed by atoms with van der Waals surface area (Å²) in [6.45, 7) is 1.60. The largest absolute Gasteiger partial charge is 0.385 e. The van der Waals surface area contributed by atoms with Gasteiger partial charge in [-0.05, 0) is 24.6 Å². The molecule has 1 aromatic rings. The second-order valence-electron chi connectivity index (χ2n) is 3.63. The van der Waals surface area contributed by atoms with Gasteiger partial charge in [0.05, 0.1) is 12.0 Å². The van der Waals surface area contributed by atoms with Crippen LogP contribution in [-0.2, 0) is 10.4 Å². The average molecular weight is 228 g/mol. The number of carbonyl (C=O) groups excluding carboxylic acids is 1. The Balaban J connectivity index is 2.85. The van der Waals surface area contributed by atoms with Crippen molar-refractivity contribution in [1.29, 1.82) is 0 Å². The summed E-state index contributed by atoms with van der Waals surface area (Å²) in [5, 5.41) is 13.2. The first-order chi connectivity index (χ1) is 6.95. The first-order valence-electron chi connectivity index (χ1n) is 4.65. The van der Waals surface area contributed by atoms with E-state index in [-0.39, 0.29) is 12.3 Å². The van der Waals surface area contributed by atoms with Crippen LogP contribution < -0.4 is 5.32 Å². The molecule has 0 fully saturated rings. The van der Waals surface area contributed by atoms with Crippen molar-refractivity contribution < 1.29 is 9.90 Å². The molecule has 3 nitrogen and oxygen atoms in total. The van der Waals surface area contributed by atoms with Crippen molar-refractivity contribution in [2.24, 2.45) is 0 Å². The van der Waals surface area contributed by atoms with Crippen LogP contribution in [-0.4, -0.2) is 18.1 Å². The molecule has 0 aromatic heterocycles. The van der Waals surface area contributed by atoms with Gasteiger partial charge in [0, 0.05) is 12.1 Å². The molecule has 0 radical (unpaired) electrons. The zero-order chi connectivity index (χ0) is 11.5. The van der Waals surface area contributed by atoms with Gasteiger partial charge in [0.1, 0.15) is 0 Å². The third-order valence-corrected chi connectivity index (χ3v) is 2.50. The summed E-state index contributed by atoms with van der Waals surface area (Å²) in [6, 6.07) is 6.81. The maximum absolute atomic E-state index is 11.2. The van der Waals surface area contributed by atoms with Crippen molar-refractivity contribution in [2.75, 3.05) is 7.05 Å². The molecule has 0 aliphatic heterocycles. The fraction of sp³-hybridized carbons (Fsp3) is 0.364. The topological polar surface area (TPSA) is 49.3 Å². The second kappa shape index (κ2) is 4.64. The van der Waals surface area contributed by atoms with E-state index in [0.717, 1.165) is 0 Å². The Labute approximate surface area is 94.1 Å². The van der Waals surface area contributed by atoms with Gasteiger partial charge in [0.25, 0.3) is 0 Å². The quantitative estimate of drug-likeness (QED) is 0.826. The van der Waals surface area contributed by atoms with Crippen molar-refractivity contribution in [3.05, 3.63) is 34.9 Å². The van der Waals surface area contributed by atoms with Gasteiger partial charge in [-0.3, -0.25) is 4.79 Å². The van der Waals surface area contributed by atoms with E-state index in [0.29, 0.717) is 10.6 Å². The van der Waals surface area contributed by atoms with Crippen LogP contribution in [0.5, 0.6) is 0 Å². The average Bonchev–Trinajstić information content (AvgIpc) is 2.17. The van der Waals surface area contributed by atoms with Crippen LogP contribution in [0.25, 0.3) is 0 Å². The van der Waals surface area contributed by atoms with Crippen LogP contribution in [0.2, 0.25) is 5.02 Å². The molecule has 15 heavy (non-hydrogen) atoms. The van der Waals surface area contributed by atoms with Crippen molar-refractivity contribution in [1.82, 2.24) is 5.32 Å². The third-order valence-electron chi connectivity index (χ3n) is 2.25. The van der Waals surface area contributed by atoms with E-state index in [9.17, 15) is 9.90 Å². The van der Waals surface area contributed by atoms with Crippen molar-refractivity contribution in [3.63, 3.8) is 0 Å². The van der Waals surface area contributed by atoms with Crippen molar-refractivity contribution >= 4 is 17.5 Å². The summed E-state index contributed by atoms with van der Waals surface area (Å²) in [6.07, 6.45) is 0.0329. The highest BCUT2D eigenvalue weighted by Crippen LogP contribution is 2.25. The molecule has 0 bridgehead atoms. The van der Waals surface area contributed by atoms with Crippen LogP contribution >= 0.6 is 11.6 Å². The maximum atomic E-state index is 11.2. The van der Waals surface area contributed by atoms with E-state index < -0.39 is 5.60 Å². The van der Waals surface area contributed by atoms with Crippen LogP contribution in [0.4, 0.5) is 0 Å². The van der Waals surface area contributed by atoms with E-state index >= 15 is 0 Å². The van der Waals surface area contributed by atoms with Crippen molar-refractivity contribution in [3.8, 4) is 0 Å². The van der Waals surface area contributed by atoms with Gasteiger partial charge in [-0.2, -0.15) is 0 Å². The Morgan fingerprint density at radius 1 is 1.47 bits per heavy atom. The molecule has 1 rings (SSSR count). The van der Waals surface area contributed by atoms with E-state index in [1.807, 2.05) is 0 Å². The standard InChI is InChI=1S/C11H14ClNO2/c1-11(15,7-10(14)13-2)8-3-5-9(12)6-4-8/h3-6,15H,7H2,1-2H3,(H,13,14). The molecule has 1 aromatic carbocycles. The summed E-state index contributed by atoms with van der Waals surface area (Å²) in [5.74, 6) is -0.199. The highest BCUT2D eigenvalue weighted by Gasteiger charge is 2.25. The fourth-order valence-electron chi connectivity index (χ4n) is 1.31. The first-order valence-corrected chi connectivity index (χ1v) is 5.02. The Bertz CT molecular complexity index is 346. The molecular weight excluding hydrogens is 214 g/mol. The highest BCUT2D eigenvalue weighted by atomic mass is 35.5. The Morgan fingerprint density at radius 3 is 2.47 bits per heavy atom. The number of rotatable bonds is 3. The van der Waals surface area contributed by atoms with Gasteiger partial charge < -0.3 is 10.4 Å². The molecule has 2 N–H and O–H groups in total. The SMILES string of the molecule is CNC(=O)CC(C)(O)c1ccc(Cl)cc1. The zero-order valence-electron chi connectivity index (χ0n) is 8.75. The first kappa shape index (κ1) is 12.0. The summed E-state index contributed by atoms with van der Waals surface area (Å²) in [7, 11) is 1.54. The summed E-state index contributed by atoms with van der Waals surface area (Å²) >= 11 is 5.73. The van der Waals surface area contributed by atoms with Gasteiger partial charge in [-0.25, -0.2) is 0 Å². The minimum Gasteiger partial charge on any atom is -0.385 e. The molecule has 1 unspecified atom stereocenters. The Kier molecular flexibility index (Phi) is 3.72. The predicted octanol–water partition coefficient (Wildman–Crippen LogP) is 1.68. The van der Waals surface area contributed by atoms with E-state index in [1.165, 1.54) is 0 Å². The van der Waals surface area contributed by atoms with Crippen LogP contribution in [0.15, 0.2) is 24.3 Å². The van der Waals surface area contributed by atoms with Crippen LogP contribution in [0.1, 0.15) is 18.9 Å².